The number of hydrogen-bond donors (Lipinski definition) is 2. The largest absolute Gasteiger partial charge is 0.482 e. The van der Waals surface area contributed by atoms with E-state index >= 15 is 0 Å². The Balaban J connectivity index is 2.31. The fourth-order valence-corrected chi connectivity index (χ4v) is 1.44. The number of anilines is 1. The van der Waals surface area contributed by atoms with E-state index in [4.69, 9.17) is 15.2 Å². The van der Waals surface area contributed by atoms with Crippen LogP contribution in [0.1, 0.15) is 13.3 Å². The molecule has 1 amide bonds. The molecule has 0 aliphatic carbocycles. The van der Waals surface area contributed by atoms with Gasteiger partial charge in [-0.3, -0.25) is 4.79 Å². The minimum atomic E-state index is -0.165. The van der Waals surface area contributed by atoms with Crippen LogP contribution in [0.3, 0.4) is 0 Å². The number of nitrogen functional groups attached to an aromatic ring is 1. The standard InChI is InChI=1S/C13H20N2O3/c1-10(7-8-17-2)15-13(16)9-18-12-6-4-3-5-11(12)14/h3-6,10H,7-9,14H2,1-2H3,(H,15,16). The lowest BCUT2D eigenvalue weighted by molar-refractivity contribution is -0.123. The molecule has 1 rings (SSSR count). The Morgan fingerprint density at radius 2 is 2.17 bits per heavy atom. The summed E-state index contributed by atoms with van der Waals surface area (Å²) in [6.45, 7) is 2.51. The van der Waals surface area contributed by atoms with Crippen molar-refractivity contribution >= 4 is 11.6 Å². The van der Waals surface area contributed by atoms with E-state index in [1.807, 2.05) is 19.1 Å². The third-order valence-corrected chi connectivity index (χ3v) is 2.44. The molecular formula is C13H20N2O3. The predicted molar refractivity (Wildman–Crippen MR) is 70.4 cm³/mol. The van der Waals surface area contributed by atoms with E-state index in [9.17, 15) is 4.79 Å². The number of methoxy groups -OCH3 is 1. The fourth-order valence-electron chi connectivity index (χ4n) is 1.44. The van der Waals surface area contributed by atoms with Crippen molar-refractivity contribution in [1.29, 1.82) is 0 Å². The van der Waals surface area contributed by atoms with Crippen LogP contribution in [0, 0.1) is 0 Å². The summed E-state index contributed by atoms with van der Waals surface area (Å²) < 4.78 is 10.3. The first-order chi connectivity index (χ1) is 8.63. The summed E-state index contributed by atoms with van der Waals surface area (Å²) in [6.07, 6.45) is 0.774. The lowest BCUT2D eigenvalue weighted by atomic mass is 10.2. The van der Waals surface area contributed by atoms with Gasteiger partial charge in [0.25, 0.3) is 5.91 Å². The van der Waals surface area contributed by atoms with Gasteiger partial charge in [-0.05, 0) is 25.5 Å². The number of para-hydroxylation sites is 2. The summed E-state index contributed by atoms with van der Waals surface area (Å²) in [7, 11) is 1.63. The van der Waals surface area contributed by atoms with Gasteiger partial charge in [0.2, 0.25) is 0 Å². The van der Waals surface area contributed by atoms with Crippen LogP contribution in [0.4, 0.5) is 5.69 Å². The number of amides is 1. The SMILES string of the molecule is COCCC(C)NC(=O)COc1ccccc1N. The number of ether oxygens (including phenoxy) is 2. The van der Waals surface area contributed by atoms with E-state index in [1.165, 1.54) is 0 Å². The third kappa shape index (κ3) is 5.05. The molecule has 18 heavy (non-hydrogen) atoms. The predicted octanol–water partition coefficient (Wildman–Crippen LogP) is 1.19. The molecule has 0 bridgehead atoms. The Bertz CT molecular complexity index is 382. The van der Waals surface area contributed by atoms with Gasteiger partial charge < -0.3 is 20.5 Å². The molecule has 1 unspecified atom stereocenters. The van der Waals surface area contributed by atoms with Crippen molar-refractivity contribution in [2.45, 2.75) is 19.4 Å². The Morgan fingerprint density at radius 3 is 2.83 bits per heavy atom. The fraction of sp³-hybridized carbons (Fsp3) is 0.462. The van der Waals surface area contributed by atoms with Gasteiger partial charge in [0.15, 0.2) is 6.61 Å². The molecule has 0 fully saturated rings. The van der Waals surface area contributed by atoms with Crippen LogP contribution in [0.15, 0.2) is 24.3 Å². The van der Waals surface area contributed by atoms with Crippen molar-refractivity contribution in [3.8, 4) is 5.75 Å². The monoisotopic (exact) mass is 252 g/mol. The highest BCUT2D eigenvalue weighted by molar-refractivity contribution is 5.78. The van der Waals surface area contributed by atoms with Crippen molar-refractivity contribution in [3.05, 3.63) is 24.3 Å². The van der Waals surface area contributed by atoms with Crippen LogP contribution >= 0.6 is 0 Å². The maximum absolute atomic E-state index is 11.6. The van der Waals surface area contributed by atoms with Gasteiger partial charge in [-0.1, -0.05) is 12.1 Å². The van der Waals surface area contributed by atoms with E-state index in [-0.39, 0.29) is 18.6 Å². The highest BCUT2D eigenvalue weighted by Gasteiger charge is 2.08. The van der Waals surface area contributed by atoms with Gasteiger partial charge in [0.1, 0.15) is 5.75 Å². The topological polar surface area (TPSA) is 73.6 Å². The molecule has 0 aliphatic heterocycles. The van der Waals surface area contributed by atoms with E-state index in [2.05, 4.69) is 5.32 Å². The first-order valence-electron chi connectivity index (χ1n) is 5.89. The molecule has 5 nitrogen and oxygen atoms in total. The maximum atomic E-state index is 11.6. The molecule has 0 aromatic heterocycles. The summed E-state index contributed by atoms with van der Waals surface area (Å²) >= 11 is 0. The zero-order chi connectivity index (χ0) is 13.4. The smallest absolute Gasteiger partial charge is 0.258 e. The van der Waals surface area contributed by atoms with Crippen LogP contribution in [0.25, 0.3) is 0 Å². The summed E-state index contributed by atoms with van der Waals surface area (Å²) in [4.78, 5) is 11.6. The van der Waals surface area contributed by atoms with Crippen LogP contribution in [0.2, 0.25) is 0 Å². The second-order valence-corrected chi connectivity index (χ2v) is 4.08. The van der Waals surface area contributed by atoms with Crippen LogP contribution in [-0.4, -0.2) is 32.3 Å². The normalized spacial score (nSPS) is 11.9. The van der Waals surface area contributed by atoms with Crippen molar-refractivity contribution in [1.82, 2.24) is 5.32 Å². The number of carbonyl (C=O) groups excluding carboxylic acids is 1. The molecule has 1 aromatic carbocycles. The number of hydrogen-bond acceptors (Lipinski definition) is 4. The Kier molecular flexibility index (Phi) is 6.00. The molecule has 5 heteroatoms. The Labute approximate surface area is 107 Å². The zero-order valence-electron chi connectivity index (χ0n) is 10.8. The number of rotatable bonds is 7. The van der Waals surface area contributed by atoms with Crippen LogP contribution in [-0.2, 0) is 9.53 Å². The van der Waals surface area contributed by atoms with E-state index in [0.29, 0.717) is 18.0 Å². The van der Waals surface area contributed by atoms with Gasteiger partial charge in [0, 0.05) is 19.8 Å². The first-order valence-corrected chi connectivity index (χ1v) is 5.89. The molecule has 0 aliphatic rings. The lowest BCUT2D eigenvalue weighted by Crippen LogP contribution is -2.36. The van der Waals surface area contributed by atoms with Gasteiger partial charge in [0.05, 0.1) is 5.69 Å². The van der Waals surface area contributed by atoms with Crippen LogP contribution in [0.5, 0.6) is 5.75 Å². The summed E-state index contributed by atoms with van der Waals surface area (Å²) in [5, 5.41) is 2.82. The number of carbonyl (C=O) groups is 1. The molecule has 0 radical (unpaired) electrons. The average molecular weight is 252 g/mol. The summed E-state index contributed by atoms with van der Waals surface area (Å²) in [6, 6.07) is 7.15. The van der Waals surface area contributed by atoms with Crippen LogP contribution < -0.4 is 15.8 Å². The maximum Gasteiger partial charge on any atom is 0.258 e. The van der Waals surface area contributed by atoms with E-state index in [1.54, 1.807) is 19.2 Å². The molecule has 3 N–H and O–H groups in total. The minimum Gasteiger partial charge on any atom is -0.482 e. The lowest BCUT2D eigenvalue weighted by Gasteiger charge is -2.14. The summed E-state index contributed by atoms with van der Waals surface area (Å²) in [5.74, 6) is 0.360. The molecule has 0 heterocycles. The molecular weight excluding hydrogens is 232 g/mol. The van der Waals surface area contributed by atoms with E-state index in [0.717, 1.165) is 6.42 Å². The molecule has 1 atom stereocenters. The highest BCUT2D eigenvalue weighted by atomic mass is 16.5. The molecule has 0 spiro atoms. The Hall–Kier alpha value is -1.75. The number of nitrogens with two attached hydrogens (primary N) is 1. The van der Waals surface area contributed by atoms with E-state index < -0.39 is 0 Å². The minimum absolute atomic E-state index is 0.0362. The molecule has 1 aromatic rings. The van der Waals surface area contributed by atoms with Crippen molar-refractivity contribution < 1.29 is 14.3 Å². The van der Waals surface area contributed by atoms with Crippen molar-refractivity contribution in [2.75, 3.05) is 26.1 Å². The molecule has 100 valence electrons. The number of nitrogens with one attached hydrogen (secondary N) is 1. The molecule has 0 saturated carbocycles. The zero-order valence-corrected chi connectivity index (χ0v) is 10.8. The quantitative estimate of drug-likeness (QED) is 0.715. The third-order valence-electron chi connectivity index (χ3n) is 2.44. The average Bonchev–Trinajstić information content (AvgIpc) is 2.35. The molecule has 0 saturated heterocycles. The van der Waals surface area contributed by atoms with Gasteiger partial charge in [-0.2, -0.15) is 0 Å². The number of benzene rings is 1. The second-order valence-electron chi connectivity index (χ2n) is 4.08. The van der Waals surface area contributed by atoms with Crippen molar-refractivity contribution in [2.24, 2.45) is 0 Å². The van der Waals surface area contributed by atoms with Gasteiger partial charge in [-0.15, -0.1) is 0 Å². The van der Waals surface area contributed by atoms with Gasteiger partial charge >= 0.3 is 0 Å². The van der Waals surface area contributed by atoms with Crippen molar-refractivity contribution in [3.63, 3.8) is 0 Å². The highest BCUT2D eigenvalue weighted by Crippen LogP contribution is 2.19. The Morgan fingerprint density at radius 1 is 1.44 bits per heavy atom. The first kappa shape index (κ1) is 14.3. The summed E-state index contributed by atoms with van der Waals surface area (Å²) in [5.41, 5.74) is 6.23. The van der Waals surface area contributed by atoms with Gasteiger partial charge in [-0.25, -0.2) is 0 Å². The second kappa shape index (κ2) is 7.55.